The van der Waals surface area contributed by atoms with Crippen LogP contribution in [0.25, 0.3) is 11.0 Å². The van der Waals surface area contributed by atoms with Crippen molar-refractivity contribution >= 4 is 28.3 Å². The minimum absolute atomic E-state index is 0.0905. The topological polar surface area (TPSA) is 70.7 Å². The average molecular weight is 328 g/mol. The SMILES string of the molecule is Cc1nc(C)c(C(=O)N[C@@H](c2nc3ccccc3[nH]2)C(C)C)s1. The summed E-state index contributed by atoms with van der Waals surface area (Å²) in [6, 6.07) is 7.71. The Hall–Kier alpha value is -2.21. The molecule has 2 heterocycles. The van der Waals surface area contributed by atoms with Gasteiger partial charge < -0.3 is 10.3 Å². The van der Waals surface area contributed by atoms with Gasteiger partial charge >= 0.3 is 0 Å². The van der Waals surface area contributed by atoms with E-state index in [1.54, 1.807) is 0 Å². The van der Waals surface area contributed by atoms with Crippen LogP contribution in [0, 0.1) is 19.8 Å². The van der Waals surface area contributed by atoms with Crippen molar-refractivity contribution < 1.29 is 4.79 Å². The molecular formula is C17H20N4OS. The number of thiazole rings is 1. The molecule has 0 saturated carbocycles. The third-order valence-corrected chi connectivity index (χ3v) is 4.84. The van der Waals surface area contributed by atoms with Gasteiger partial charge in [-0.05, 0) is 31.9 Å². The van der Waals surface area contributed by atoms with Gasteiger partial charge in [0.15, 0.2) is 0 Å². The summed E-state index contributed by atoms with van der Waals surface area (Å²) >= 11 is 1.42. The molecule has 0 aliphatic rings. The molecule has 0 saturated heterocycles. The van der Waals surface area contributed by atoms with E-state index in [0.29, 0.717) is 4.88 Å². The van der Waals surface area contributed by atoms with E-state index in [2.05, 4.69) is 34.1 Å². The zero-order valence-corrected chi connectivity index (χ0v) is 14.5. The summed E-state index contributed by atoms with van der Waals surface area (Å²) in [5.41, 5.74) is 2.66. The molecule has 2 N–H and O–H groups in total. The van der Waals surface area contributed by atoms with Crippen LogP contribution < -0.4 is 5.32 Å². The normalized spacial score (nSPS) is 12.7. The monoisotopic (exact) mass is 328 g/mol. The number of aryl methyl sites for hydroxylation is 2. The zero-order chi connectivity index (χ0) is 16.6. The molecule has 1 amide bonds. The minimum Gasteiger partial charge on any atom is -0.341 e. The van der Waals surface area contributed by atoms with Crippen molar-refractivity contribution in [2.45, 2.75) is 33.7 Å². The van der Waals surface area contributed by atoms with Crippen molar-refractivity contribution in [3.8, 4) is 0 Å². The number of benzene rings is 1. The number of fused-ring (bicyclic) bond motifs is 1. The summed E-state index contributed by atoms with van der Waals surface area (Å²) in [5, 5.41) is 4.00. The van der Waals surface area contributed by atoms with Gasteiger partial charge in [0.05, 0.1) is 27.8 Å². The molecule has 3 rings (SSSR count). The van der Waals surface area contributed by atoms with Crippen molar-refractivity contribution in [3.05, 3.63) is 45.7 Å². The van der Waals surface area contributed by atoms with Gasteiger partial charge in [0, 0.05) is 0 Å². The van der Waals surface area contributed by atoms with Crippen molar-refractivity contribution in [2.24, 2.45) is 5.92 Å². The first-order chi connectivity index (χ1) is 11.0. The van der Waals surface area contributed by atoms with Crippen LogP contribution in [-0.4, -0.2) is 20.9 Å². The molecule has 1 aromatic carbocycles. The van der Waals surface area contributed by atoms with E-state index in [0.717, 1.165) is 27.6 Å². The second-order valence-electron chi connectivity index (χ2n) is 5.98. The lowest BCUT2D eigenvalue weighted by Crippen LogP contribution is -2.32. The van der Waals surface area contributed by atoms with Gasteiger partial charge in [-0.2, -0.15) is 0 Å². The molecular weight excluding hydrogens is 308 g/mol. The lowest BCUT2D eigenvalue weighted by atomic mass is 10.0. The van der Waals surface area contributed by atoms with Gasteiger partial charge in [-0.1, -0.05) is 26.0 Å². The number of para-hydroxylation sites is 2. The summed E-state index contributed by atoms with van der Waals surface area (Å²) in [6.07, 6.45) is 0. The molecule has 1 atom stereocenters. The predicted molar refractivity (Wildman–Crippen MR) is 92.7 cm³/mol. The molecule has 0 radical (unpaired) electrons. The summed E-state index contributed by atoms with van der Waals surface area (Å²) in [7, 11) is 0. The van der Waals surface area contributed by atoms with Gasteiger partial charge in [-0.3, -0.25) is 4.79 Å². The first-order valence-corrected chi connectivity index (χ1v) is 8.47. The first-order valence-electron chi connectivity index (χ1n) is 7.65. The Bertz CT molecular complexity index is 816. The number of aromatic amines is 1. The summed E-state index contributed by atoms with van der Waals surface area (Å²) < 4.78 is 0. The van der Waals surface area contributed by atoms with E-state index >= 15 is 0 Å². The number of nitrogens with zero attached hydrogens (tertiary/aromatic N) is 2. The highest BCUT2D eigenvalue weighted by atomic mass is 32.1. The van der Waals surface area contributed by atoms with Crippen molar-refractivity contribution in [3.63, 3.8) is 0 Å². The predicted octanol–water partition coefficient (Wildman–Crippen LogP) is 3.76. The molecule has 0 unspecified atom stereocenters. The standard InChI is InChI=1S/C17H20N4OS/c1-9(2)14(16-19-12-7-5-6-8-13(12)20-16)21-17(22)15-10(3)18-11(4)23-15/h5-9,14H,1-4H3,(H,19,20)(H,21,22)/t14-/m1/s1. The fourth-order valence-corrected chi connectivity index (χ4v) is 3.44. The zero-order valence-electron chi connectivity index (χ0n) is 13.7. The molecule has 0 aliphatic carbocycles. The van der Waals surface area contributed by atoms with Crippen molar-refractivity contribution in [1.82, 2.24) is 20.3 Å². The Balaban J connectivity index is 1.90. The van der Waals surface area contributed by atoms with Crippen LogP contribution >= 0.6 is 11.3 Å². The van der Waals surface area contributed by atoms with Gasteiger partial charge in [0.2, 0.25) is 0 Å². The molecule has 23 heavy (non-hydrogen) atoms. The number of imidazole rings is 1. The van der Waals surface area contributed by atoms with Gasteiger partial charge in [-0.15, -0.1) is 11.3 Å². The Morgan fingerprint density at radius 2 is 1.96 bits per heavy atom. The molecule has 0 fully saturated rings. The fraction of sp³-hybridized carbons (Fsp3) is 0.353. The summed E-state index contributed by atoms with van der Waals surface area (Å²) in [5.74, 6) is 0.912. The van der Waals surface area contributed by atoms with E-state index in [9.17, 15) is 4.79 Å². The maximum Gasteiger partial charge on any atom is 0.263 e. The Labute approximate surface area is 139 Å². The Morgan fingerprint density at radius 1 is 1.22 bits per heavy atom. The highest BCUT2D eigenvalue weighted by Gasteiger charge is 2.24. The molecule has 0 aliphatic heterocycles. The Morgan fingerprint density at radius 3 is 2.57 bits per heavy atom. The maximum atomic E-state index is 12.6. The number of nitrogens with one attached hydrogen (secondary N) is 2. The average Bonchev–Trinajstić information content (AvgIpc) is 3.06. The van der Waals surface area contributed by atoms with Gasteiger partial charge in [0.1, 0.15) is 10.7 Å². The molecule has 2 aromatic heterocycles. The van der Waals surface area contributed by atoms with Crippen LogP contribution in [0.1, 0.15) is 46.1 Å². The molecule has 120 valence electrons. The van der Waals surface area contributed by atoms with E-state index in [-0.39, 0.29) is 17.9 Å². The van der Waals surface area contributed by atoms with Gasteiger partial charge in [-0.25, -0.2) is 9.97 Å². The number of hydrogen-bond acceptors (Lipinski definition) is 4. The summed E-state index contributed by atoms with van der Waals surface area (Å²) in [4.78, 5) is 25.5. The molecule has 6 heteroatoms. The maximum absolute atomic E-state index is 12.6. The number of carbonyl (C=O) groups is 1. The van der Waals surface area contributed by atoms with Crippen molar-refractivity contribution in [2.75, 3.05) is 0 Å². The third-order valence-electron chi connectivity index (χ3n) is 3.77. The van der Waals surface area contributed by atoms with Crippen LogP contribution in [0.4, 0.5) is 0 Å². The minimum atomic E-state index is -0.170. The number of amides is 1. The summed E-state index contributed by atoms with van der Waals surface area (Å²) in [6.45, 7) is 7.92. The highest BCUT2D eigenvalue weighted by Crippen LogP contribution is 2.24. The second kappa shape index (κ2) is 6.12. The van der Waals surface area contributed by atoms with Crippen LogP contribution in [0.3, 0.4) is 0 Å². The molecule has 0 spiro atoms. The van der Waals surface area contributed by atoms with Crippen LogP contribution in [0.2, 0.25) is 0 Å². The second-order valence-corrected chi connectivity index (χ2v) is 7.18. The molecule has 3 aromatic rings. The number of H-pyrrole nitrogens is 1. The Kier molecular flexibility index (Phi) is 4.17. The highest BCUT2D eigenvalue weighted by molar-refractivity contribution is 7.13. The third kappa shape index (κ3) is 3.12. The molecule has 5 nitrogen and oxygen atoms in total. The number of hydrogen-bond donors (Lipinski definition) is 2. The number of rotatable bonds is 4. The smallest absolute Gasteiger partial charge is 0.263 e. The first kappa shape index (κ1) is 15.7. The van der Waals surface area contributed by atoms with Crippen molar-refractivity contribution in [1.29, 1.82) is 0 Å². The fourth-order valence-electron chi connectivity index (χ4n) is 2.62. The van der Waals surface area contributed by atoms with E-state index in [4.69, 9.17) is 0 Å². The lowest BCUT2D eigenvalue weighted by Gasteiger charge is -2.20. The molecule has 0 bridgehead atoms. The largest absolute Gasteiger partial charge is 0.341 e. The quantitative estimate of drug-likeness (QED) is 0.766. The van der Waals surface area contributed by atoms with E-state index in [1.165, 1.54) is 11.3 Å². The van der Waals surface area contributed by atoms with Crippen LogP contribution in [0.15, 0.2) is 24.3 Å². The van der Waals surface area contributed by atoms with E-state index in [1.807, 2.05) is 38.1 Å². The van der Waals surface area contributed by atoms with Crippen LogP contribution in [-0.2, 0) is 0 Å². The number of aromatic nitrogens is 3. The lowest BCUT2D eigenvalue weighted by molar-refractivity contribution is 0.0926. The van der Waals surface area contributed by atoms with E-state index < -0.39 is 0 Å². The van der Waals surface area contributed by atoms with Gasteiger partial charge in [0.25, 0.3) is 5.91 Å². The van der Waals surface area contributed by atoms with Crippen LogP contribution in [0.5, 0.6) is 0 Å². The number of carbonyl (C=O) groups excluding carboxylic acids is 1.